The third-order valence-electron chi connectivity index (χ3n) is 5.23. The van der Waals surface area contributed by atoms with Crippen LogP contribution in [0.1, 0.15) is 25.0 Å². The molecule has 0 saturated carbocycles. The molecule has 0 aliphatic rings. The van der Waals surface area contributed by atoms with Gasteiger partial charge < -0.3 is 24.8 Å². The second-order valence-corrected chi connectivity index (χ2v) is 9.71. The average Bonchev–Trinajstić information content (AvgIpc) is 2.90. The van der Waals surface area contributed by atoms with Crippen molar-refractivity contribution < 1.29 is 23.8 Å². The van der Waals surface area contributed by atoms with E-state index in [1.165, 1.54) is 6.08 Å². The van der Waals surface area contributed by atoms with E-state index in [4.69, 9.17) is 25.8 Å². The summed E-state index contributed by atoms with van der Waals surface area (Å²) in [5, 5.41) is 15.6. The molecule has 0 bridgehead atoms. The van der Waals surface area contributed by atoms with Crippen molar-refractivity contribution in [3.05, 3.63) is 79.9 Å². The number of hydrogen-bond donors (Lipinski definition) is 2. The zero-order valence-electron chi connectivity index (χ0n) is 21.6. The Balaban J connectivity index is 1.74. The monoisotopic (exact) mass is 659 g/mol. The van der Waals surface area contributed by atoms with Crippen LogP contribution in [0.5, 0.6) is 17.2 Å². The number of nitriles is 1. The number of aryl methyl sites for hydroxylation is 1. The number of halogens is 2. The highest BCUT2D eigenvalue weighted by molar-refractivity contribution is 14.1. The van der Waals surface area contributed by atoms with Gasteiger partial charge in [0, 0.05) is 16.4 Å². The van der Waals surface area contributed by atoms with Crippen LogP contribution in [0.25, 0.3) is 6.08 Å². The Morgan fingerprint density at radius 2 is 1.67 bits per heavy atom. The lowest BCUT2D eigenvalue weighted by molar-refractivity contribution is -0.118. The summed E-state index contributed by atoms with van der Waals surface area (Å²) in [5.74, 6) is 0.525. The quantitative estimate of drug-likeness (QED) is 0.136. The van der Waals surface area contributed by atoms with Gasteiger partial charge in [0.1, 0.15) is 17.4 Å². The van der Waals surface area contributed by atoms with Crippen LogP contribution in [0.15, 0.2) is 60.2 Å². The number of rotatable bonds is 11. The molecule has 0 heterocycles. The highest BCUT2D eigenvalue weighted by atomic mass is 127. The molecule has 3 aromatic carbocycles. The summed E-state index contributed by atoms with van der Waals surface area (Å²) in [5.41, 5.74) is 2.47. The molecule has 0 radical (unpaired) electrons. The predicted octanol–water partition coefficient (Wildman–Crippen LogP) is 6.61. The highest BCUT2D eigenvalue weighted by Gasteiger charge is 2.16. The molecule has 39 heavy (non-hydrogen) atoms. The standard InChI is InChI=1S/C29H27ClIN3O5/c1-4-37-23-10-8-21(9-11-23)34-29(36)20(16-32)12-19-13-25(31)28(26(14-19)38-5-2)39-17-27(35)33-22-7-6-18(3)24(30)15-22/h6-15H,4-5,17H2,1-3H3,(H,33,35)(H,34,36)/b20-12+. The highest BCUT2D eigenvalue weighted by Crippen LogP contribution is 2.35. The topological polar surface area (TPSA) is 110 Å². The summed E-state index contributed by atoms with van der Waals surface area (Å²) in [4.78, 5) is 25.2. The van der Waals surface area contributed by atoms with Gasteiger partial charge in [0.05, 0.1) is 16.8 Å². The number of carbonyl (C=O) groups excluding carboxylic acids is 2. The molecule has 0 spiro atoms. The maximum Gasteiger partial charge on any atom is 0.266 e. The summed E-state index contributed by atoms with van der Waals surface area (Å²) < 4.78 is 17.6. The molecule has 3 aromatic rings. The van der Waals surface area contributed by atoms with Crippen molar-refractivity contribution in [1.29, 1.82) is 5.26 Å². The van der Waals surface area contributed by atoms with E-state index in [1.807, 2.05) is 32.9 Å². The minimum absolute atomic E-state index is 0.0908. The van der Waals surface area contributed by atoms with E-state index in [1.54, 1.807) is 48.5 Å². The number of nitrogens with one attached hydrogen (secondary N) is 2. The van der Waals surface area contributed by atoms with E-state index in [9.17, 15) is 14.9 Å². The van der Waals surface area contributed by atoms with E-state index in [2.05, 4.69) is 33.2 Å². The molecule has 202 valence electrons. The van der Waals surface area contributed by atoms with Gasteiger partial charge in [-0.2, -0.15) is 5.26 Å². The largest absolute Gasteiger partial charge is 0.494 e. The number of benzene rings is 3. The fourth-order valence-corrected chi connectivity index (χ4v) is 4.36. The first-order valence-corrected chi connectivity index (χ1v) is 13.5. The van der Waals surface area contributed by atoms with Gasteiger partial charge in [-0.05, 0) is 109 Å². The summed E-state index contributed by atoms with van der Waals surface area (Å²) >= 11 is 8.18. The molecular weight excluding hydrogens is 633 g/mol. The average molecular weight is 660 g/mol. The molecule has 2 amide bonds. The van der Waals surface area contributed by atoms with Crippen LogP contribution >= 0.6 is 34.2 Å². The van der Waals surface area contributed by atoms with Crippen molar-refractivity contribution in [2.24, 2.45) is 0 Å². The molecular formula is C29H27ClIN3O5. The third kappa shape index (κ3) is 8.63. The zero-order chi connectivity index (χ0) is 28.4. The molecule has 3 rings (SSSR count). The summed E-state index contributed by atoms with van der Waals surface area (Å²) in [6.45, 7) is 6.20. The molecule has 10 heteroatoms. The van der Waals surface area contributed by atoms with Crippen molar-refractivity contribution >= 4 is 63.5 Å². The van der Waals surface area contributed by atoms with Crippen LogP contribution in [-0.4, -0.2) is 31.6 Å². The smallest absolute Gasteiger partial charge is 0.266 e. The van der Waals surface area contributed by atoms with E-state index in [0.29, 0.717) is 56.0 Å². The number of amides is 2. The lowest BCUT2D eigenvalue weighted by Crippen LogP contribution is -2.20. The Hall–Kier alpha value is -3.75. The van der Waals surface area contributed by atoms with Gasteiger partial charge in [0.2, 0.25) is 0 Å². The summed E-state index contributed by atoms with van der Waals surface area (Å²) in [7, 11) is 0. The molecule has 0 aliphatic heterocycles. The molecule has 2 N–H and O–H groups in total. The number of nitrogens with zero attached hydrogens (tertiary/aromatic N) is 1. The number of ether oxygens (including phenoxy) is 3. The third-order valence-corrected chi connectivity index (χ3v) is 6.44. The fourth-order valence-electron chi connectivity index (χ4n) is 3.39. The molecule has 8 nitrogen and oxygen atoms in total. The van der Waals surface area contributed by atoms with Gasteiger partial charge >= 0.3 is 0 Å². The van der Waals surface area contributed by atoms with Gasteiger partial charge in [-0.25, -0.2) is 0 Å². The maximum absolute atomic E-state index is 12.7. The first kappa shape index (κ1) is 29.8. The second kappa shape index (κ2) is 14.4. The first-order valence-electron chi connectivity index (χ1n) is 12.0. The lowest BCUT2D eigenvalue weighted by Gasteiger charge is -2.15. The Labute approximate surface area is 246 Å². The van der Waals surface area contributed by atoms with Gasteiger partial charge in [0.25, 0.3) is 11.8 Å². The molecule has 0 aliphatic carbocycles. The Morgan fingerprint density at radius 1 is 0.974 bits per heavy atom. The van der Waals surface area contributed by atoms with Crippen molar-refractivity contribution in [2.75, 3.05) is 30.5 Å². The zero-order valence-corrected chi connectivity index (χ0v) is 24.6. The van der Waals surface area contributed by atoms with Gasteiger partial charge in [-0.15, -0.1) is 0 Å². The maximum atomic E-state index is 12.7. The second-order valence-electron chi connectivity index (χ2n) is 8.15. The Kier molecular flexibility index (Phi) is 11.0. The summed E-state index contributed by atoms with van der Waals surface area (Å²) in [6.07, 6.45) is 1.46. The number of anilines is 2. The molecule has 0 unspecified atom stereocenters. The molecule has 0 aromatic heterocycles. The lowest BCUT2D eigenvalue weighted by atomic mass is 10.1. The van der Waals surface area contributed by atoms with Crippen LogP contribution in [0.4, 0.5) is 11.4 Å². The van der Waals surface area contributed by atoms with Gasteiger partial charge in [-0.1, -0.05) is 17.7 Å². The van der Waals surface area contributed by atoms with E-state index in [0.717, 1.165) is 5.56 Å². The van der Waals surface area contributed by atoms with Crippen molar-refractivity contribution in [2.45, 2.75) is 20.8 Å². The minimum Gasteiger partial charge on any atom is -0.494 e. The fraction of sp³-hybridized carbons (Fsp3) is 0.207. The molecule has 0 saturated heterocycles. The van der Waals surface area contributed by atoms with Crippen LogP contribution < -0.4 is 24.8 Å². The number of carbonyl (C=O) groups is 2. The van der Waals surface area contributed by atoms with Gasteiger partial charge in [-0.3, -0.25) is 9.59 Å². The van der Waals surface area contributed by atoms with Crippen molar-refractivity contribution in [3.63, 3.8) is 0 Å². The normalized spacial score (nSPS) is 10.8. The van der Waals surface area contributed by atoms with Crippen LogP contribution in [0.3, 0.4) is 0 Å². The minimum atomic E-state index is -0.553. The van der Waals surface area contributed by atoms with Crippen LogP contribution in [0.2, 0.25) is 5.02 Å². The Bertz CT molecular complexity index is 1420. The van der Waals surface area contributed by atoms with Crippen molar-refractivity contribution in [1.82, 2.24) is 0 Å². The molecule has 0 fully saturated rings. The van der Waals surface area contributed by atoms with Crippen LogP contribution in [-0.2, 0) is 9.59 Å². The van der Waals surface area contributed by atoms with Crippen LogP contribution in [0, 0.1) is 21.8 Å². The van der Waals surface area contributed by atoms with E-state index >= 15 is 0 Å². The van der Waals surface area contributed by atoms with E-state index < -0.39 is 5.91 Å². The van der Waals surface area contributed by atoms with Gasteiger partial charge in [0.15, 0.2) is 18.1 Å². The van der Waals surface area contributed by atoms with Crippen molar-refractivity contribution in [3.8, 4) is 23.3 Å². The first-order chi connectivity index (χ1) is 18.7. The number of hydrogen-bond acceptors (Lipinski definition) is 6. The van der Waals surface area contributed by atoms with E-state index in [-0.39, 0.29) is 18.1 Å². The SMILES string of the molecule is CCOc1ccc(NC(=O)/C(C#N)=C/c2cc(I)c(OCC(=O)Nc3ccc(C)c(Cl)c3)c(OCC)c2)cc1. The summed E-state index contributed by atoms with van der Waals surface area (Å²) in [6, 6.07) is 17.4. The predicted molar refractivity (Wildman–Crippen MR) is 160 cm³/mol. The molecule has 0 atom stereocenters. The Morgan fingerprint density at radius 3 is 2.31 bits per heavy atom.